The molecule has 0 atom stereocenters. The Bertz CT molecular complexity index is 155. The van der Waals surface area contributed by atoms with Gasteiger partial charge in [-0.2, -0.15) is 0 Å². The quantitative estimate of drug-likeness (QED) is 0.677. The van der Waals surface area contributed by atoms with Crippen LogP contribution in [-0.2, 0) is 0 Å². The number of hydrogen-bond acceptors (Lipinski definition) is 1. The maximum Gasteiger partial charge on any atom is 0.0162 e. The normalized spacial score (nSPS) is 55.2. The van der Waals surface area contributed by atoms with E-state index in [2.05, 4.69) is 0 Å². The lowest BCUT2D eigenvalue weighted by molar-refractivity contribution is 0.000365. The molecule has 0 heterocycles. The standard InChI is InChI=1S/C10H17N.HI/c11-10-4-7-1-8(5-10)3-9(2-7)6-10;/h7-9H,1-6,11H2;1H. The monoisotopic (exact) mass is 279 g/mol. The minimum atomic E-state index is 0. The number of halogens is 1. The first-order chi connectivity index (χ1) is 5.23. The molecule has 4 bridgehead atoms. The molecule has 0 unspecified atom stereocenters. The Labute approximate surface area is 91.5 Å². The number of hydrogen-bond donors (Lipinski definition) is 1. The predicted octanol–water partition coefficient (Wildman–Crippen LogP) is 2.53. The Hall–Kier alpha value is 0.690. The maximum absolute atomic E-state index is 6.32. The van der Waals surface area contributed by atoms with Gasteiger partial charge in [-0.3, -0.25) is 0 Å². The summed E-state index contributed by atoms with van der Waals surface area (Å²) in [6, 6.07) is 0. The highest BCUT2D eigenvalue weighted by molar-refractivity contribution is 14.0. The summed E-state index contributed by atoms with van der Waals surface area (Å²) < 4.78 is 0. The van der Waals surface area contributed by atoms with Crippen molar-refractivity contribution in [3.05, 3.63) is 0 Å². The lowest BCUT2D eigenvalue weighted by Gasteiger charge is -2.55. The average molecular weight is 279 g/mol. The molecule has 0 aromatic carbocycles. The molecule has 0 saturated heterocycles. The first kappa shape index (κ1) is 9.25. The van der Waals surface area contributed by atoms with Crippen molar-refractivity contribution in [1.82, 2.24) is 0 Å². The largest absolute Gasteiger partial charge is 0.325 e. The van der Waals surface area contributed by atoms with Crippen LogP contribution in [0.2, 0.25) is 0 Å². The zero-order valence-electron chi connectivity index (χ0n) is 7.46. The third-order valence-electron chi connectivity index (χ3n) is 4.09. The Morgan fingerprint density at radius 1 is 0.833 bits per heavy atom. The third-order valence-corrected chi connectivity index (χ3v) is 4.09. The summed E-state index contributed by atoms with van der Waals surface area (Å²) in [6.07, 6.45) is 8.57. The van der Waals surface area contributed by atoms with Gasteiger partial charge in [0.25, 0.3) is 0 Å². The molecule has 0 amide bonds. The molecular weight excluding hydrogens is 261 g/mol. The van der Waals surface area contributed by atoms with E-state index in [1.165, 1.54) is 38.5 Å². The highest BCUT2D eigenvalue weighted by Gasteiger charge is 2.48. The first-order valence-corrected chi connectivity index (χ1v) is 5.02. The van der Waals surface area contributed by atoms with Crippen molar-refractivity contribution < 1.29 is 0 Å². The molecule has 0 radical (unpaired) electrons. The van der Waals surface area contributed by atoms with Crippen LogP contribution >= 0.6 is 24.0 Å². The third kappa shape index (κ3) is 1.31. The molecule has 0 spiro atoms. The van der Waals surface area contributed by atoms with Crippen LogP contribution in [0.4, 0.5) is 0 Å². The fraction of sp³-hybridized carbons (Fsp3) is 1.00. The summed E-state index contributed by atoms with van der Waals surface area (Å²) in [6.45, 7) is 0. The van der Waals surface area contributed by atoms with Crippen LogP contribution in [0.15, 0.2) is 0 Å². The van der Waals surface area contributed by atoms with E-state index in [0.29, 0.717) is 5.54 Å². The maximum atomic E-state index is 6.32. The van der Waals surface area contributed by atoms with Gasteiger partial charge in [0.1, 0.15) is 0 Å². The fourth-order valence-electron chi connectivity index (χ4n) is 4.18. The molecule has 12 heavy (non-hydrogen) atoms. The lowest BCUT2D eigenvalue weighted by atomic mass is 9.53. The second kappa shape index (κ2) is 2.84. The van der Waals surface area contributed by atoms with E-state index in [-0.39, 0.29) is 24.0 Å². The van der Waals surface area contributed by atoms with E-state index in [9.17, 15) is 0 Å². The average Bonchev–Trinajstić information content (AvgIpc) is 1.79. The molecule has 70 valence electrons. The van der Waals surface area contributed by atoms with E-state index in [1.54, 1.807) is 0 Å². The smallest absolute Gasteiger partial charge is 0.0162 e. The van der Waals surface area contributed by atoms with Gasteiger partial charge in [0.2, 0.25) is 0 Å². The van der Waals surface area contributed by atoms with Crippen molar-refractivity contribution >= 4 is 24.0 Å². The second-order valence-corrected chi connectivity index (χ2v) is 5.28. The van der Waals surface area contributed by atoms with Gasteiger partial charge < -0.3 is 5.73 Å². The minimum absolute atomic E-state index is 0. The van der Waals surface area contributed by atoms with Gasteiger partial charge in [0, 0.05) is 5.54 Å². The first-order valence-electron chi connectivity index (χ1n) is 5.02. The molecule has 4 aliphatic rings. The topological polar surface area (TPSA) is 26.0 Å². The molecule has 0 aromatic rings. The summed E-state index contributed by atoms with van der Waals surface area (Å²) in [4.78, 5) is 0. The van der Waals surface area contributed by atoms with Crippen LogP contribution in [0.1, 0.15) is 38.5 Å². The van der Waals surface area contributed by atoms with Crippen LogP contribution in [0, 0.1) is 17.8 Å². The molecule has 4 fully saturated rings. The zero-order chi connectivity index (χ0) is 7.47. The highest BCUT2D eigenvalue weighted by Crippen LogP contribution is 2.54. The van der Waals surface area contributed by atoms with Gasteiger partial charge in [0.15, 0.2) is 0 Å². The number of nitrogens with two attached hydrogens (primary N) is 1. The van der Waals surface area contributed by atoms with Gasteiger partial charge >= 0.3 is 0 Å². The molecule has 2 heteroatoms. The van der Waals surface area contributed by atoms with Crippen molar-refractivity contribution in [2.75, 3.05) is 0 Å². The van der Waals surface area contributed by atoms with E-state index < -0.39 is 0 Å². The van der Waals surface area contributed by atoms with Gasteiger partial charge in [-0.05, 0) is 56.3 Å². The Morgan fingerprint density at radius 3 is 1.42 bits per heavy atom. The molecule has 4 saturated carbocycles. The number of rotatable bonds is 0. The molecular formula is C10H18IN. The van der Waals surface area contributed by atoms with Crippen LogP contribution < -0.4 is 5.73 Å². The van der Waals surface area contributed by atoms with Gasteiger partial charge in [0.05, 0.1) is 0 Å². The molecule has 1 nitrogen and oxygen atoms in total. The summed E-state index contributed by atoms with van der Waals surface area (Å²) >= 11 is 0. The molecule has 2 N–H and O–H groups in total. The van der Waals surface area contributed by atoms with E-state index in [1.807, 2.05) is 0 Å². The van der Waals surface area contributed by atoms with E-state index in [0.717, 1.165) is 17.8 Å². The van der Waals surface area contributed by atoms with Gasteiger partial charge in [-0.1, -0.05) is 0 Å². The van der Waals surface area contributed by atoms with Crippen molar-refractivity contribution in [3.63, 3.8) is 0 Å². The summed E-state index contributed by atoms with van der Waals surface area (Å²) in [7, 11) is 0. The zero-order valence-corrected chi connectivity index (χ0v) is 9.79. The SMILES string of the molecule is I.NC12CC3CC(CC(C3)C1)C2. The van der Waals surface area contributed by atoms with Crippen LogP contribution in [-0.4, -0.2) is 5.54 Å². The van der Waals surface area contributed by atoms with Gasteiger partial charge in [-0.15, -0.1) is 24.0 Å². The summed E-state index contributed by atoms with van der Waals surface area (Å²) in [5.41, 5.74) is 6.62. The fourth-order valence-corrected chi connectivity index (χ4v) is 4.18. The Morgan fingerprint density at radius 2 is 1.17 bits per heavy atom. The van der Waals surface area contributed by atoms with Crippen LogP contribution in [0.3, 0.4) is 0 Å². The summed E-state index contributed by atoms with van der Waals surface area (Å²) in [5, 5.41) is 0. The molecule has 4 aliphatic carbocycles. The molecule has 0 aromatic heterocycles. The molecule has 0 aliphatic heterocycles. The minimum Gasteiger partial charge on any atom is -0.325 e. The van der Waals surface area contributed by atoms with Crippen LogP contribution in [0.5, 0.6) is 0 Å². The Balaban J connectivity index is 0.000000563. The van der Waals surface area contributed by atoms with Crippen molar-refractivity contribution in [2.24, 2.45) is 23.5 Å². The lowest BCUT2D eigenvalue weighted by Crippen LogP contribution is -2.55. The predicted molar refractivity (Wildman–Crippen MR) is 60.5 cm³/mol. The van der Waals surface area contributed by atoms with E-state index in [4.69, 9.17) is 5.73 Å². The van der Waals surface area contributed by atoms with Crippen molar-refractivity contribution in [3.8, 4) is 0 Å². The van der Waals surface area contributed by atoms with Crippen LogP contribution in [0.25, 0.3) is 0 Å². The van der Waals surface area contributed by atoms with Crippen molar-refractivity contribution in [1.29, 1.82) is 0 Å². The summed E-state index contributed by atoms with van der Waals surface area (Å²) in [5.74, 6) is 3.06. The second-order valence-electron chi connectivity index (χ2n) is 5.28. The Kier molecular flexibility index (Phi) is 2.19. The highest BCUT2D eigenvalue weighted by atomic mass is 127. The van der Waals surface area contributed by atoms with E-state index >= 15 is 0 Å². The van der Waals surface area contributed by atoms with Gasteiger partial charge in [-0.25, -0.2) is 0 Å². The molecule has 4 rings (SSSR count). The van der Waals surface area contributed by atoms with Crippen molar-refractivity contribution in [2.45, 2.75) is 44.1 Å².